The zero-order valence-electron chi connectivity index (χ0n) is 21.9. The van der Waals surface area contributed by atoms with E-state index in [0.717, 1.165) is 18.4 Å². The normalized spacial score (nSPS) is 17.5. The summed E-state index contributed by atoms with van der Waals surface area (Å²) in [6.07, 6.45) is 1.51. The van der Waals surface area contributed by atoms with E-state index in [-0.39, 0.29) is 30.2 Å². The van der Waals surface area contributed by atoms with Crippen LogP contribution in [0.5, 0.6) is 11.5 Å². The van der Waals surface area contributed by atoms with E-state index < -0.39 is 17.5 Å². The van der Waals surface area contributed by atoms with Crippen LogP contribution >= 0.6 is 11.8 Å². The summed E-state index contributed by atoms with van der Waals surface area (Å²) in [5, 5.41) is 10.6. The molecule has 1 fully saturated rings. The highest BCUT2D eigenvalue weighted by atomic mass is 32.2. The highest BCUT2D eigenvalue weighted by Crippen LogP contribution is 2.48. The zero-order chi connectivity index (χ0) is 28.5. The first-order valence-corrected chi connectivity index (χ1v) is 13.9. The van der Waals surface area contributed by atoms with Crippen LogP contribution < -0.4 is 20.1 Å². The van der Waals surface area contributed by atoms with E-state index in [2.05, 4.69) is 20.7 Å². The van der Waals surface area contributed by atoms with Crippen molar-refractivity contribution >= 4 is 29.4 Å². The van der Waals surface area contributed by atoms with Gasteiger partial charge >= 0.3 is 6.18 Å². The standard InChI is InChI=1S/C27H28F3N5O4S/c1-16-6-7-21(31-14-16)35-23(33-25(37)26(40-2)9-10-26)22-20(34-35)12-17(32-24(22)36)8-11-38-18-4-3-5-19(13-18)39-15-27(28,29)30/h3-7,13-14,17H,8-12,15H2,1-2H3,(H,32,36)(H,33,37). The van der Waals surface area contributed by atoms with E-state index >= 15 is 0 Å². The topological polar surface area (TPSA) is 107 Å². The Morgan fingerprint density at radius 2 is 1.98 bits per heavy atom. The fraction of sp³-hybridized carbons (Fsp3) is 0.407. The molecule has 1 aliphatic heterocycles. The first-order chi connectivity index (χ1) is 19.1. The van der Waals surface area contributed by atoms with E-state index in [1.165, 1.54) is 28.6 Å². The Morgan fingerprint density at radius 3 is 2.62 bits per heavy atom. The number of halogens is 3. The van der Waals surface area contributed by atoms with Crippen molar-refractivity contribution in [2.75, 3.05) is 24.8 Å². The van der Waals surface area contributed by atoms with Gasteiger partial charge in [-0.05, 0) is 49.8 Å². The predicted octanol–water partition coefficient (Wildman–Crippen LogP) is 4.47. The third-order valence-corrected chi connectivity index (χ3v) is 8.13. The highest BCUT2D eigenvalue weighted by molar-refractivity contribution is 8.01. The molecule has 1 unspecified atom stereocenters. The van der Waals surface area contributed by atoms with Gasteiger partial charge in [0.05, 0.1) is 17.0 Å². The molecule has 0 bridgehead atoms. The number of aryl methyl sites for hydroxylation is 1. The van der Waals surface area contributed by atoms with Gasteiger partial charge in [0.1, 0.15) is 17.1 Å². The number of hydrogen-bond acceptors (Lipinski definition) is 7. The van der Waals surface area contributed by atoms with E-state index in [0.29, 0.717) is 41.5 Å². The first kappa shape index (κ1) is 27.8. The maximum atomic E-state index is 13.3. The number of pyridine rings is 1. The molecule has 1 aromatic carbocycles. The summed E-state index contributed by atoms with van der Waals surface area (Å²) in [5.41, 5.74) is 1.79. The lowest BCUT2D eigenvalue weighted by Gasteiger charge is -2.23. The molecule has 2 amide bonds. The minimum absolute atomic E-state index is 0.0460. The first-order valence-electron chi connectivity index (χ1n) is 12.7. The van der Waals surface area contributed by atoms with Gasteiger partial charge in [0.25, 0.3) is 5.91 Å². The van der Waals surface area contributed by atoms with E-state index in [1.807, 2.05) is 19.2 Å². The Labute approximate surface area is 232 Å². The van der Waals surface area contributed by atoms with E-state index in [4.69, 9.17) is 9.47 Å². The molecule has 1 atom stereocenters. The Kier molecular flexibility index (Phi) is 7.67. The number of fused-ring (bicyclic) bond motifs is 1. The number of amides is 2. The Bertz CT molecular complexity index is 1410. The maximum absolute atomic E-state index is 13.3. The molecule has 13 heteroatoms. The Hall–Kier alpha value is -3.74. The number of benzene rings is 1. The number of nitrogens with one attached hydrogen (secondary N) is 2. The van der Waals surface area contributed by atoms with Crippen LogP contribution in [0.1, 0.15) is 40.9 Å². The summed E-state index contributed by atoms with van der Waals surface area (Å²) in [6, 6.07) is 9.31. The van der Waals surface area contributed by atoms with Gasteiger partial charge in [-0.25, -0.2) is 4.98 Å². The van der Waals surface area contributed by atoms with Crippen molar-refractivity contribution in [3.8, 4) is 17.3 Å². The highest BCUT2D eigenvalue weighted by Gasteiger charge is 2.50. The lowest BCUT2D eigenvalue weighted by molar-refractivity contribution is -0.153. The van der Waals surface area contributed by atoms with Crippen molar-refractivity contribution in [3.63, 3.8) is 0 Å². The summed E-state index contributed by atoms with van der Waals surface area (Å²) >= 11 is 1.49. The second-order valence-electron chi connectivity index (χ2n) is 9.82. The van der Waals surface area contributed by atoms with Gasteiger partial charge in [-0.3, -0.25) is 9.59 Å². The SMILES string of the molecule is CSC1(C(=O)Nc2c3c(nn2-c2ccc(C)cn2)CC(CCOc2cccc(OCC(F)(F)F)c2)NC3=O)CC1. The second-order valence-corrected chi connectivity index (χ2v) is 11.0. The van der Waals surface area contributed by atoms with Gasteiger partial charge in [0, 0.05) is 31.1 Å². The lowest BCUT2D eigenvalue weighted by atomic mass is 9.99. The number of nitrogens with zero attached hydrogens (tertiary/aromatic N) is 3. The van der Waals surface area contributed by atoms with Gasteiger partial charge in [-0.15, -0.1) is 11.8 Å². The number of ether oxygens (including phenoxy) is 2. The molecule has 40 heavy (non-hydrogen) atoms. The fourth-order valence-corrected chi connectivity index (χ4v) is 5.17. The summed E-state index contributed by atoms with van der Waals surface area (Å²) < 4.78 is 48.8. The molecule has 212 valence electrons. The molecule has 5 rings (SSSR count). The number of thioether (sulfide) groups is 1. The quantitative estimate of drug-likeness (QED) is 0.367. The summed E-state index contributed by atoms with van der Waals surface area (Å²) in [6.45, 7) is 0.719. The van der Waals surface area contributed by atoms with Crippen LogP contribution in [0.4, 0.5) is 19.0 Å². The lowest BCUT2D eigenvalue weighted by Crippen LogP contribution is -2.42. The van der Waals surface area contributed by atoms with Crippen LogP contribution in [0.25, 0.3) is 5.82 Å². The van der Waals surface area contributed by atoms with Crippen LogP contribution in [-0.4, -0.2) is 63.0 Å². The molecule has 1 saturated carbocycles. The van der Waals surface area contributed by atoms with Crippen LogP contribution in [0, 0.1) is 6.92 Å². The molecule has 0 saturated heterocycles. The number of alkyl halides is 3. The van der Waals surface area contributed by atoms with Gasteiger partial charge in [0.2, 0.25) is 5.91 Å². The van der Waals surface area contributed by atoms with Crippen molar-refractivity contribution in [2.24, 2.45) is 0 Å². The molecule has 1 aliphatic carbocycles. The largest absolute Gasteiger partial charge is 0.493 e. The molecule has 3 aromatic rings. The molecule has 0 spiro atoms. The van der Waals surface area contributed by atoms with E-state index in [1.54, 1.807) is 24.4 Å². The number of carbonyl (C=O) groups excluding carboxylic acids is 2. The molecule has 2 N–H and O–H groups in total. The molecule has 9 nitrogen and oxygen atoms in total. The summed E-state index contributed by atoms with van der Waals surface area (Å²) in [4.78, 5) is 30.8. The second kappa shape index (κ2) is 11.0. The fourth-order valence-electron chi connectivity index (χ4n) is 4.42. The molecule has 3 heterocycles. The van der Waals surface area contributed by atoms with E-state index in [9.17, 15) is 22.8 Å². The number of anilines is 1. The van der Waals surface area contributed by atoms with Crippen molar-refractivity contribution < 1.29 is 32.2 Å². The number of hydrogen-bond donors (Lipinski definition) is 2. The van der Waals surface area contributed by atoms with Crippen LogP contribution in [-0.2, 0) is 11.2 Å². The molecular formula is C27H28F3N5O4S. The number of carbonyl (C=O) groups is 2. The number of rotatable bonds is 10. The summed E-state index contributed by atoms with van der Waals surface area (Å²) in [7, 11) is 0. The van der Waals surface area contributed by atoms with Crippen molar-refractivity contribution in [1.29, 1.82) is 0 Å². The Balaban J connectivity index is 1.29. The third-order valence-electron chi connectivity index (χ3n) is 6.76. The molecule has 2 aromatic heterocycles. The Morgan fingerprint density at radius 1 is 1.23 bits per heavy atom. The molecule has 0 radical (unpaired) electrons. The van der Waals surface area contributed by atoms with Crippen molar-refractivity contribution in [3.05, 3.63) is 59.4 Å². The molecule has 2 aliphatic rings. The number of aromatic nitrogens is 3. The van der Waals surface area contributed by atoms with Gasteiger partial charge in [-0.2, -0.15) is 23.0 Å². The van der Waals surface area contributed by atoms with Gasteiger partial charge in [0.15, 0.2) is 18.2 Å². The van der Waals surface area contributed by atoms with Gasteiger partial charge in [-0.1, -0.05) is 12.1 Å². The van der Waals surface area contributed by atoms with Crippen molar-refractivity contribution in [1.82, 2.24) is 20.1 Å². The average Bonchev–Trinajstić information content (AvgIpc) is 3.64. The van der Waals surface area contributed by atoms with Crippen molar-refractivity contribution in [2.45, 2.75) is 49.6 Å². The van der Waals surface area contributed by atoms with Crippen LogP contribution in [0.2, 0.25) is 0 Å². The monoisotopic (exact) mass is 575 g/mol. The smallest absolute Gasteiger partial charge is 0.422 e. The van der Waals surface area contributed by atoms with Crippen LogP contribution in [0.15, 0.2) is 42.6 Å². The van der Waals surface area contributed by atoms with Crippen LogP contribution in [0.3, 0.4) is 0 Å². The summed E-state index contributed by atoms with van der Waals surface area (Å²) in [5.74, 6) is 0.635. The minimum atomic E-state index is -4.44. The molecular weight excluding hydrogens is 547 g/mol. The zero-order valence-corrected chi connectivity index (χ0v) is 22.7. The maximum Gasteiger partial charge on any atom is 0.422 e. The third kappa shape index (κ3) is 6.19. The average molecular weight is 576 g/mol. The van der Waals surface area contributed by atoms with Gasteiger partial charge < -0.3 is 20.1 Å². The minimum Gasteiger partial charge on any atom is -0.493 e. The predicted molar refractivity (Wildman–Crippen MR) is 143 cm³/mol.